The molecule has 0 amide bonds. The number of rotatable bonds is 9. The van der Waals surface area contributed by atoms with Crippen molar-refractivity contribution in [2.24, 2.45) is 0 Å². The van der Waals surface area contributed by atoms with Gasteiger partial charge >= 0.3 is 6.18 Å². The van der Waals surface area contributed by atoms with E-state index in [-0.39, 0.29) is 43.5 Å². The molecular weight excluding hydrogens is 726 g/mol. The standard InChI is InChI=1S/C26H21F3O3P2.C12H10ClP.3CH4/c27-26(28,29)25(33(30,21-13-5-1-6-14-21)22-15-7-2-8-16-22)32-34(31,23-17-9-3-10-18-23)24-19-11-4-12-20-24;13-14(11-7-3-1-4-8-11)12-9-5-2-6-10-12;;;/h1-20,25H;1-10H;3*1H4. The molecule has 1 unspecified atom stereocenters. The van der Waals surface area contributed by atoms with Crippen LogP contribution in [0.15, 0.2) is 182 Å². The molecule has 1 atom stereocenters. The molecule has 3 nitrogen and oxygen atoms in total. The predicted octanol–water partition coefficient (Wildman–Crippen LogP) is 11.0. The molecule has 0 aliphatic heterocycles. The van der Waals surface area contributed by atoms with E-state index >= 15 is 0 Å². The van der Waals surface area contributed by atoms with Gasteiger partial charge in [-0.25, -0.2) is 0 Å². The Balaban J connectivity index is 0.000000448. The quantitative estimate of drug-likeness (QED) is 0.138. The maximum Gasteiger partial charge on any atom is 0.422 e. The minimum Gasteiger partial charge on any atom is -0.311 e. The highest BCUT2D eigenvalue weighted by atomic mass is 35.7. The summed E-state index contributed by atoms with van der Waals surface area (Å²) in [5.41, 5.74) is 0. The molecule has 0 aromatic heterocycles. The molecule has 0 saturated carbocycles. The van der Waals surface area contributed by atoms with Crippen LogP contribution in [-0.2, 0) is 13.7 Å². The van der Waals surface area contributed by atoms with E-state index in [1.165, 1.54) is 83.4 Å². The Labute approximate surface area is 306 Å². The van der Waals surface area contributed by atoms with Crippen molar-refractivity contribution < 1.29 is 26.8 Å². The summed E-state index contributed by atoms with van der Waals surface area (Å²) in [6.07, 6.45) is -5.08. The zero-order chi connectivity index (χ0) is 34.0. The molecule has 0 bridgehead atoms. The van der Waals surface area contributed by atoms with Crippen molar-refractivity contribution in [2.75, 3.05) is 0 Å². The van der Waals surface area contributed by atoms with Crippen LogP contribution in [-0.4, -0.2) is 12.0 Å². The van der Waals surface area contributed by atoms with Crippen molar-refractivity contribution in [1.82, 2.24) is 0 Å². The van der Waals surface area contributed by atoms with Crippen LogP contribution < -0.4 is 31.8 Å². The van der Waals surface area contributed by atoms with Crippen LogP contribution >= 0.6 is 33.0 Å². The number of alkyl halides is 3. The molecule has 10 heteroatoms. The van der Waals surface area contributed by atoms with Crippen molar-refractivity contribution >= 4 is 64.9 Å². The molecule has 0 aliphatic rings. The fourth-order valence-electron chi connectivity index (χ4n) is 4.98. The van der Waals surface area contributed by atoms with Crippen LogP contribution in [0.4, 0.5) is 13.2 Å². The zero-order valence-corrected chi connectivity index (χ0v) is 28.9. The Morgan fingerprint density at radius 1 is 0.471 bits per heavy atom. The summed E-state index contributed by atoms with van der Waals surface area (Å²) in [5.74, 6) is -2.84. The molecule has 6 rings (SSSR count). The van der Waals surface area contributed by atoms with Gasteiger partial charge in [-0.15, -0.1) is 0 Å². The highest BCUT2D eigenvalue weighted by Gasteiger charge is 2.57. The third kappa shape index (κ3) is 10.4. The highest BCUT2D eigenvalue weighted by Crippen LogP contribution is 2.61. The number of hydrogen-bond acceptors (Lipinski definition) is 3. The molecule has 0 N–H and O–H groups in total. The van der Waals surface area contributed by atoms with E-state index in [9.17, 15) is 22.3 Å². The average Bonchev–Trinajstić information content (AvgIpc) is 3.15. The van der Waals surface area contributed by atoms with Gasteiger partial charge in [-0.2, -0.15) is 13.2 Å². The van der Waals surface area contributed by atoms with Gasteiger partial charge < -0.3 is 9.09 Å². The SMILES string of the molecule is C.C.C.ClP(c1ccccc1)c1ccccc1.O=P(OC(C(F)(F)F)P(=O)(c1ccccc1)c1ccccc1)(c1ccccc1)c1ccccc1. The van der Waals surface area contributed by atoms with Crippen LogP contribution in [0.25, 0.3) is 0 Å². The Hall–Kier alpha value is -3.75. The van der Waals surface area contributed by atoms with Crippen molar-refractivity contribution in [3.63, 3.8) is 0 Å². The molecule has 6 aromatic rings. The van der Waals surface area contributed by atoms with Gasteiger partial charge in [-0.1, -0.05) is 191 Å². The molecule has 268 valence electrons. The van der Waals surface area contributed by atoms with Gasteiger partial charge in [0.15, 0.2) is 7.14 Å². The van der Waals surface area contributed by atoms with Crippen LogP contribution in [0.3, 0.4) is 0 Å². The first-order valence-electron chi connectivity index (χ1n) is 14.9. The minimum atomic E-state index is -5.08. The Kier molecular flexibility index (Phi) is 16.8. The molecule has 6 aromatic carbocycles. The van der Waals surface area contributed by atoms with Gasteiger partial charge in [0.25, 0.3) is 7.37 Å². The fraction of sp³-hybridized carbons (Fsp3) is 0.122. The number of halogens is 4. The third-order valence-corrected chi connectivity index (χ3v) is 15.8. The van der Waals surface area contributed by atoms with Crippen molar-refractivity contribution in [3.8, 4) is 0 Å². The number of hydrogen-bond donors (Lipinski definition) is 0. The lowest BCUT2D eigenvalue weighted by molar-refractivity contribution is -0.168. The monoisotopic (exact) mass is 768 g/mol. The van der Waals surface area contributed by atoms with Crippen LogP contribution in [0, 0.1) is 0 Å². The summed E-state index contributed by atoms with van der Waals surface area (Å²) in [7, 11) is -9.52. The first kappa shape index (κ1) is 43.4. The summed E-state index contributed by atoms with van der Waals surface area (Å²) in [5, 5.41) is 2.52. The first-order chi connectivity index (χ1) is 23.1. The maximum atomic E-state index is 14.7. The zero-order valence-electron chi connectivity index (χ0n) is 25.5. The Morgan fingerprint density at radius 2 is 0.725 bits per heavy atom. The van der Waals surface area contributed by atoms with E-state index in [0.717, 1.165) is 0 Å². The molecule has 51 heavy (non-hydrogen) atoms. The van der Waals surface area contributed by atoms with Crippen molar-refractivity contribution in [3.05, 3.63) is 182 Å². The third-order valence-electron chi connectivity index (χ3n) is 7.30. The summed E-state index contributed by atoms with van der Waals surface area (Å²) < 4.78 is 78.7. The summed E-state index contributed by atoms with van der Waals surface area (Å²) in [4.78, 5) is 0. The van der Waals surface area contributed by atoms with E-state index in [1.807, 2.05) is 36.4 Å². The van der Waals surface area contributed by atoms with Gasteiger partial charge in [0, 0.05) is 21.2 Å². The van der Waals surface area contributed by atoms with E-state index in [1.54, 1.807) is 48.5 Å². The second-order valence-corrected chi connectivity index (χ2v) is 18.3. The second-order valence-electron chi connectivity index (χ2n) is 10.5. The van der Waals surface area contributed by atoms with Gasteiger partial charge in [0.1, 0.15) is 0 Å². The van der Waals surface area contributed by atoms with Crippen LogP contribution in [0.5, 0.6) is 0 Å². The smallest absolute Gasteiger partial charge is 0.311 e. The Bertz CT molecular complexity index is 1830. The van der Waals surface area contributed by atoms with E-state index < -0.39 is 33.8 Å². The van der Waals surface area contributed by atoms with Gasteiger partial charge in [-0.3, -0.25) is 4.57 Å². The summed E-state index contributed by atoms with van der Waals surface area (Å²) >= 11 is 6.40. The summed E-state index contributed by atoms with van der Waals surface area (Å²) in [6.45, 7) is 0. The molecule has 0 fully saturated rings. The van der Waals surface area contributed by atoms with E-state index in [2.05, 4.69) is 24.3 Å². The van der Waals surface area contributed by atoms with Crippen LogP contribution in [0.2, 0.25) is 0 Å². The molecule has 0 radical (unpaired) electrons. The molecule has 0 spiro atoms. The average molecular weight is 769 g/mol. The fourth-order valence-corrected chi connectivity index (χ4v) is 12.3. The van der Waals surface area contributed by atoms with Crippen molar-refractivity contribution in [1.29, 1.82) is 0 Å². The number of benzene rings is 6. The van der Waals surface area contributed by atoms with E-state index in [0.29, 0.717) is 0 Å². The van der Waals surface area contributed by atoms with Gasteiger partial charge in [0.2, 0.25) is 5.85 Å². The predicted molar refractivity (Wildman–Crippen MR) is 216 cm³/mol. The van der Waals surface area contributed by atoms with E-state index in [4.69, 9.17) is 15.8 Å². The topological polar surface area (TPSA) is 43.4 Å². The summed E-state index contributed by atoms with van der Waals surface area (Å²) in [6, 6.07) is 50.7. The lowest BCUT2D eigenvalue weighted by atomic mass is 10.4. The van der Waals surface area contributed by atoms with Crippen molar-refractivity contribution in [2.45, 2.75) is 34.3 Å². The lowest BCUT2D eigenvalue weighted by Crippen LogP contribution is -2.40. The normalized spacial score (nSPS) is 11.8. The minimum absolute atomic E-state index is 0. The second kappa shape index (κ2) is 19.7. The molecule has 0 saturated heterocycles. The van der Waals surface area contributed by atoms with Crippen LogP contribution in [0.1, 0.15) is 22.3 Å². The first-order valence-corrected chi connectivity index (χ1v) is 20.5. The molecule has 0 aliphatic carbocycles. The molecule has 0 heterocycles. The highest BCUT2D eigenvalue weighted by molar-refractivity contribution is 7.95. The molecular formula is C41H43ClF3O3P3. The van der Waals surface area contributed by atoms with Gasteiger partial charge in [0.05, 0.1) is 7.27 Å². The lowest BCUT2D eigenvalue weighted by Gasteiger charge is -2.33. The largest absolute Gasteiger partial charge is 0.422 e. The Morgan fingerprint density at radius 3 is 1.00 bits per heavy atom. The van der Waals surface area contributed by atoms with Gasteiger partial charge in [-0.05, 0) is 34.9 Å². The maximum absolute atomic E-state index is 14.7.